The van der Waals surface area contributed by atoms with E-state index in [1.165, 1.54) is 6.92 Å². The molecular formula is C14H20N2O3. The molecule has 1 amide bonds. The van der Waals surface area contributed by atoms with Crippen molar-refractivity contribution >= 4 is 11.7 Å². The quantitative estimate of drug-likeness (QED) is 0.781. The molecule has 0 aliphatic heterocycles. The van der Waals surface area contributed by atoms with Gasteiger partial charge in [-0.25, -0.2) is 0 Å². The van der Waals surface area contributed by atoms with E-state index in [9.17, 15) is 9.59 Å². The van der Waals surface area contributed by atoms with Crippen LogP contribution in [0.4, 0.5) is 0 Å². The Morgan fingerprint density at radius 3 is 2.58 bits per heavy atom. The molecular weight excluding hydrogens is 244 g/mol. The molecule has 0 heterocycles. The minimum Gasteiger partial charge on any atom is -0.496 e. The summed E-state index contributed by atoms with van der Waals surface area (Å²) in [5.41, 5.74) is 1.53. The number of Topliss-reactive ketones (excluding diaryl/α,β-unsaturated/α-hetero) is 1. The highest BCUT2D eigenvalue weighted by molar-refractivity contribution is 5.94. The lowest BCUT2D eigenvalue weighted by atomic mass is 10.1. The van der Waals surface area contributed by atoms with Crippen LogP contribution in [0.3, 0.4) is 0 Å². The molecule has 1 N–H and O–H groups in total. The second-order valence-electron chi connectivity index (χ2n) is 4.43. The Kier molecular flexibility index (Phi) is 5.51. The molecule has 5 nitrogen and oxygen atoms in total. The molecule has 0 aliphatic rings. The van der Waals surface area contributed by atoms with Crippen molar-refractivity contribution in [3.8, 4) is 5.75 Å². The van der Waals surface area contributed by atoms with E-state index >= 15 is 0 Å². The summed E-state index contributed by atoms with van der Waals surface area (Å²) in [5, 5.41) is 2.57. The fourth-order valence-electron chi connectivity index (χ4n) is 1.79. The van der Waals surface area contributed by atoms with Crippen molar-refractivity contribution in [2.24, 2.45) is 0 Å². The van der Waals surface area contributed by atoms with Crippen molar-refractivity contribution < 1.29 is 14.3 Å². The van der Waals surface area contributed by atoms with Crippen molar-refractivity contribution in [3.63, 3.8) is 0 Å². The minimum atomic E-state index is -0.0517. The molecule has 0 aliphatic carbocycles. The predicted molar refractivity (Wildman–Crippen MR) is 73.4 cm³/mol. The number of likely N-dealkylation sites (N-methyl/N-ethyl adjacent to an activating group) is 2. The largest absolute Gasteiger partial charge is 0.496 e. The first-order chi connectivity index (χ1) is 8.97. The van der Waals surface area contributed by atoms with Gasteiger partial charge in [-0.3, -0.25) is 14.5 Å². The van der Waals surface area contributed by atoms with Crippen molar-refractivity contribution in [3.05, 3.63) is 29.3 Å². The molecule has 0 atom stereocenters. The van der Waals surface area contributed by atoms with Crippen LogP contribution in [0.1, 0.15) is 22.8 Å². The van der Waals surface area contributed by atoms with Gasteiger partial charge in [0.1, 0.15) is 5.75 Å². The summed E-state index contributed by atoms with van der Waals surface area (Å²) in [6.45, 7) is 2.36. The molecule has 0 saturated heterocycles. The lowest BCUT2D eigenvalue weighted by molar-refractivity contribution is -0.121. The molecule has 1 rings (SSSR count). The molecule has 1 aromatic rings. The summed E-state index contributed by atoms with van der Waals surface area (Å²) < 4.78 is 5.27. The average Bonchev–Trinajstić information content (AvgIpc) is 2.38. The Bertz CT molecular complexity index is 472. The lowest BCUT2D eigenvalue weighted by Gasteiger charge is -2.18. The zero-order valence-electron chi connectivity index (χ0n) is 11.8. The number of carbonyl (C=O) groups is 2. The highest BCUT2D eigenvalue weighted by atomic mass is 16.5. The van der Waals surface area contributed by atoms with E-state index in [0.29, 0.717) is 24.4 Å². The number of amides is 1. The number of hydrogen-bond donors (Lipinski definition) is 1. The second-order valence-corrected chi connectivity index (χ2v) is 4.43. The van der Waals surface area contributed by atoms with E-state index < -0.39 is 0 Å². The summed E-state index contributed by atoms with van der Waals surface area (Å²) in [7, 11) is 5.03. The van der Waals surface area contributed by atoms with Gasteiger partial charge in [0.05, 0.1) is 13.7 Å². The summed E-state index contributed by atoms with van der Waals surface area (Å²) in [4.78, 5) is 24.6. The van der Waals surface area contributed by atoms with E-state index in [1.54, 1.807) is 26.3 Å². The van der Waals surface area contributed by atoms with Crippen LogP contribution in [0.15, 0.2) is 18.2 Å². The van der Waals surface area contributed by atoms with Gasteiger partial charge in [0.25, 0.3) is 0 Å². The summed E-state index contributed by atoms with van der Waals surface area (Å²) >= 11 is 0. The molecule has 1 aromatic carbocycles. The normalized spacial score (nSPS) is 10.4. The van der Waals surface area contributed by atoms with Crippen LogP contribution in [0.25, 0.3) is 0 Å². The Hall–Kier alpha value is -1.88. The zero-order chi connectivity index (χ0) is 14.4. The number of nitrogens with one attached hydrogen (secondary N) is 1. The first-order valence-electron chi connectivity index (χ1n) is 6.05. The van der Waals surface area contributed by atoms with Gasteiger partial charge >= 0.3 is 0 Å². The highest BCUT2D eigenvalue weighted by Gasteiger charge is 2.11. The first-order valence-corrected chi connectivity index (χ1v) is 6.05. The van der Waals surface area contributed by atoms with Gasteiger partial charge in [-0.15, -0.1) is 0 Å². The molecule has 104 valence electrons. The third-order valence-electron chi connectivity index (χ3n) is 2.82. The Morgan fingerprint density at radius 2 is 2.05 bits per heavy atom. The number of ketones is 1. The van der Waals surface area contributed by atoms with Crippen molar-refractivity contribution in [1.82, 2.24) is 10.2 Å². The molecule has 0 bridgehead atoms. The van der Waals surface area contributed by atoms with Gasteiger partial charge in [0.2, 0.25) is 5.91 Å². The molecule has 0 saturated carbocycles. The van der Waals surface area contributed by atoms with Crippen LogP contribution in [-0.2, 0) is 11.3 Å². The molecule has 5 heteroatoms. The van der Waals surface area contributed by atoms with Crippen LogP contribution < -0.4 is 10.1 Å². The van der Waals surface area contributed by atoms with Crippen molar-refractivity contribution in [2.45, 2.75) is 13.5 Å². The lowest BCUT2D eigenvalue weighted by Crippen LogP contribution is -2.32. The van der Waals surface area contributed by atoms with Gasteiger partial charge < -0.3 is 10.1 Å². The van der Waals surface area contributed by atoms with E-state index in [-0.39, 0.29) is 11.7 Å². The number of carbonyl (C=O) groups excluding carboxylic acids is 2. The molecule has 0 spiro atoms. The number of nitrogens with zero attached hydrogens (tertiary/aromatic N) is 1. The maximum atomic E-state index is 11.4. The number of ether oxygens (including phenoxy) is 1. The third kappa shape index (κ3) is 4.37. The van der Waals surface area contributed by atoms with Gasteiger partial charge in [-0.05, 0) is 32.2 Å². The Morgan fingerprint density at radius 1 is 1.37 bits per heavy atom. The fraction of sp³-hybridized carbons (Fsp3) is 0.429. The smallest absolute Gasteiger partial charge is 0.233 e. The van der Waals surface area contributed by atoms with E-state index in [0.717, 1.165) is 5.56 Å². The number of benzene rings is 1. The molecule has 0 fully saturated rings. The molecule has 0 aromatic heterocycles. The van der Waals surface area contributed by atoms with E-state index in [4.69, 9.17) is 4.74 Å². The highest BCUT2D eigenvalue weighted by Crippen LogP contribution is 2.21. The third-order valence-corrected chi connectivity index (χ3v) is 2.82. The molecule has 0 unspecified atom stereocenters. The van der Waals surface area contributed by atoms with E-state index in [2.05, 4.69) is 5.32 Å². The van der Waals surface area contributed by atoms with Gasteiger partial charge in [0, 0.05) is 24.7 Å². The minimum absolute atomic E-state index is 0.0119. The topological polar surface area (TPSA) is 58.6 Å². The van der Waals surface area contributed by atoms with E-state index in [1.807, 2.05) is 18.0 Å². The van der Waals surface area contributed by atoms with Crippen molar-refractivity contribution in [1.29, 1.82) is 0 Å². The van der Waals surface area contributed by atoms with Crippen LogP contribution >= 0.6 is 0 Å². The Balaban J connectivity index is 2.88. The SMILES string of the molecule is CNC(=O)CN(C)Cc1cc(C(C)=O)ccc1OC. The first kappa shape index (κ1) is 15.2. The second kappa shape index (κ2) is 6.89. The predicted octanol–water partition coefficient (Wildman–Crippen LogP) is 1.08. The van der Waals surface area contributed by atoms with Crippen molar-refractivity contribution in [2.75, 3.05) is 27.7 Å². The molecule has 19 heavy (non-hydrogen) atoms. The summed E-state index contributed by atoms with van der Waals surface area (Å²) in [6, 6.07) is 5.32. The van der Waals surface area contributed by atoms with Crippen LogP contribution in [0.5, 0.6) is 5.75 Å². The number of rotatable bonds is 6. The van der Waals surface area contributed by atoms with Crippen LogP contribution in [0, 0.1) is 0 Å². The zero-order valence-corrected chi connectivity index (χ0v) is 11.8. The maximum absolute atomic E-state index is 11.4. The standard InChI is InChI=1S/C14H20N2O3/c1-10(17)11-5-6-13(19-4)12(7-11)8-16(3)9-14(18)15-2/h5-7H,8-9H2,1-4H3,(H,15,18). The van der Waals surface area contributed by atoms with Gasteiger partial charge in [-0.2, -0.15) is 0 Å². The molecule has 0 radical (unpaired) electrons. The fourth-order valence-corrected chi connectivity index (χ4v) is 1.79. The monoisotopic (exact) mass is 264 g/mol. The number of hydrogen-bond acceptors (Lipinski definition) is 4. The Labute approximate surface area is 113 Å². The van der Waals surface area contributed by atoms with Gasteiger partial charge in [-0.1, -0.05) is 0 Å². The number of methoxy groups -OCH3 is 1. The maximum Gasteiger partial charge on any atom is 0.233 e. The summed E-state index contributed by atoms with van der Waals surface area (Å²) in [5.74, 6) is 0.677. The van der Waals surface area contributed by atoms with Gasteiger partial charge in [0.15, 0.2) is 5.78 Å². The average molecular weight is 264 g/mol. The van der Waals surface area contributed by atoms with Crippen LogP contribution in [0.2, 0.25) is 0 Å². The summed E-state index contributed by atoms with van der Waals surface area (Å²) in [6.07, 6.45) is 0. The van der Waals surface area contributed by atoms with Crippen LogP contribution in [-0.4, -0.2) is 44.3 Å².